The van der Waals surface area contributed by atoms with E-state index >= 15 is 0 Å². The van der Waals surface area contributed by atoms with Crippen molar-refractivity contribution in [2.75, 3.05) is 0 Å². The third-order valence-electron chi connectivity index (χ3n) is 2.98. The Bertz CT molecular complexity index is 686. The molecule has 0 radical (unpaired) electrons. The smallest absolute Gasteiger partial charge is 0.166 e. The Labute approximate surface area is 105 Å². The summed E-state index contributed by atoms with van der Waals surface area (Å²) in [6.45, 7) is 0. The van der Waals surface area contributed by atoms with E-state index in [1.807, 2.05) is 34.7 Å². The second kappa shape index (κ2) is 4.45. The van der Waals surface area contributed by atoms with Gasteiger partial charge < -0.3 is 0 Å². The first-order valence-corrected chi connectivity index (χ1v) is 5.83. The van der Waals surface area contributed by atoms with Crippen LogP contribution in [0.2, 0.25) is 0 Å². The van der Waals surface area contributed by atoms with E-state index in [2.05, 4.69) is 17.1 Å². The Kier molecular flexibility index (Phi) is 2.65. The number of imidazole rings is 1. The Morgan fingerprint density at radius 2 is 1.89 bits per heavy atom. The molecule has 2 aromatic heterocycles. The van der Waals surface area contributed by atoms with Crippen molar-refractivity contribution in [3.05, 3.63) is 71.8 Å². The van der Waals surface area contributed by atoms with Gasteiger partial charge in [-0.2, -0.15) is 0 Å². The number of aromatic nitrogens is 2. The van der Waals surface area contributed by atoms with E-state index in [4.69, 9.17) is 0 Å². The molecule has 18 heavy (non-hydrogen) atoms. The molecule has 0 bridgehead atoms. The number of hydrogen-bond acceptors (Lipinski definition) is 2. The zero-order chi connectivity index (χ0) is 12.4. The van der Waals surface area contributed by atoms with Crippen LogP contribution in [-0.2, 0) is 6.42 Å². The molecular weight excluding hydrogens is 224 g/mol. The fraction of sp³-hybridized carbons (Fsp3) is 0.0667. The van der Waals surface area contributed by atoms with Crippen LogP contribution in [0.1, 0.15) is 21.9 Å². The molecule has 3 nitrogen and oxygen atoms in total. The van der Waals surface area contributed by atoms with Crippen molar-refractivity contribution in [2.45, 2.75) is 6.42 Å². The van der Waals surface area contributed by atoms with Crippen LogP contribution in [0.15, 0.2) is 54.7 Å². The highest BCUT2D eigenvalue weighted by atomic mass is 16.1. The Morgan fingerprint density at radius 3 is 2.67 bits per heavy atom. The molecule has 0 aliphatic carbocycles. The summed E-state index contributed by atoms with van der Waals surface area (Å²) in [5, 5.41) is 0. The fourth-order valence-electron chi connectivity index (χ4n) is 2.14. The van der Waals surface area contributed by atoms with Gasteiger partial charge in [0.25, 0.3) is 0 Å². The number of hydrogen-bond donors (Lipinski definition) is 0. The second-order valence-electron chi connectivity index (χ2n) is 4.17. The molecular formula is C15H12N2O. The highest BCUT2D eigenvalue weighted by Crippen LogP contribution is 2.13. The molecule has 3 aromatic rings. The highest BCUT2D eigenvalue weighted by molar-refractivity contribution is 5.74. The van der Waals surface area contributed by atoms with Crippen molar-refractivity contribution in [3.8, 4) is 0 Å². The number of carbonyl (C=O) groups is 1. The maximum Gasteiger partial charge on any atom is 0.166 e. The molecule has 0 unspecified atom stereocenters. The van der Waals surface area contributed by atoms with E-state index in [1.54, 1.807) is 12.3 Å². The molecule has 88 valence electrons. The quantitative estimate of drug-likeness (QED) is 0.655. The van der Waals surface area contributed by atoms with Crippen molar-refractivity contribution in [1.82, 2.24) is 9.38 Å². The molecule has 0 N–H and O–H groups in total. The van der Waals surface area contributed by atoms with Crippen LogP contribution in [0.5, 0.6) is 0 Å². The molecule has 1 aromatic carbocycles. The number of nitrogens with zero attached hydrogens (tertiary/aromatic N) is 2. The summed E-state index contributed by atoms with van der Waals surface area (Å²) in [5.74, 6) is 0.888. The third kappa shape index (κ3) is 1.80. The molecule has 0 amide bonds. The Balaban J connectivity index is 2.10. The van der Waals surface area contributed by atoms with Crippen LogP contribution in [-0.4, -0.2) is 15.7 Å². The van der Waals surface area contributed by atoms with Crippen LogP contribution in [0.3, 0.4) is 0 Å². The summed E-state index contributed by atoms with van der Waals surface area (Å²) in [7, 11) is 0. The van der Waals surface area contributed by atoms with Crippen molar-refractivity contribution >= 4 is 11.8 Å². The van der Waals surface area contributed by atoms with E-state index in [9.17, 15) is 4.79 Å². The molecule has 0 aliphatic rings. The minimum Gasteiger partial charge on any atom is -0.296 e. The topological polar surface area (TPSA) is 34.4 Å². The summed E-state index contributed by atoms with van der Waals surface area (Å²) in [5.41, 5.74) is 2.77. The average molecular weight is 236 g/mol. The largest absolute Gasteiger partial charge is 0.296 e. The molecule has 0 atom stereocenters. The summed E-state index contributed by atoms with van der Waals surface area (Å²) >= 11 is 0. The Hall–Kier alpha value is -2.42. The fourth-order valence-corrected chi connectivity index (χ4v) is 2.14. The van der Waals surface area contributed by atoms with Gasteiger partial charge in [-0.25, -0.2) is 4.98 Å². The van der Waals surface area contributed by atoms with Gasteiger partial charge in [0.15, 0.2) is 6.29 Å². The predicted molar refractivity (Wildman–Crippen MR) is 69.8 cm³/mol. The van der Waals surface area contributed by atoms with E-state index in [0.717, 1.165) is 24.0 Å². The first kappa shape index (κ1) is 10.7. The maximum atomic E-state index is 11.1. The van der Waals surface area contributed by atoms with Gasteiger partial charge in [0.05, 0.1) is 17.4 Å². The lowest BCUT2D eigenvalue weighted by molar-refractivity contribution is 0.111. The van der Waals surface area contributed by atoms with Crippen LogP contribution in [0, 0.1) is 0 Å². The summed E-state index contributed by atoms with van der Waals surface area (Å²) in [6.07, 6.45) is 3.38. The molecule has 3 heteroatoms. The zero-order valence-corrected chi connectivity index (χ0v) is 9.78. The molecule has 0 fully saturated rings. The number of benzene rings is 1. The number of pyridine rings is 1. The van der Waals surface area contributed by atoms with Gasteiger partial charge in [-0.15, -0.1) is 0 Å². The predicted octanol–water partition coefficient (Wildman–Crippen LogP) is 2.74. The van der Waals surface area contributed by atoms with E-state index in [-0.39, 0.29) is 0 Å². The van der Waals surface area contributed by atoms with E-state index in [1.165, 1.54) is 5.56 Å². The molecule has 2 heterocycles. The van der Waals surface area contributed by atoms with Gasteiger partial charge in [-0.3, -0.25) is 9.20 Å². The monoisotopic (exact) mass is 236 g/mol. The van der Waals surface area contributed by atoms with Crippen molar-refractivity contribution in [2.24, 2.45) is 0 Å². The first-order chi connectivity index (χ1) is 8.88. The van der Waals surface area contributed by atoms with E-state index < -0.39 is 0 Å². The zero-order valence-electron chi connectivity index (χ0n) is 9.78. The minimum atomic E-state index is 0.635. The minimum absolute atomic E-state index is 0.635. The molecule has 0 spiro atoms. The van der Waals surface area contributed by atoms with Gasteiger partial charge >= 0.3 is 0 Å². The molecule has 0 saturated heterocycles. The number of carbonyl (C=O) groups excluding carboxylic acids is 1. The second-order valence-corrected chi connectivity index (χ2v) is 4.17. The highest BCUT2D eigenvalue weighted by Gasteiger charge is 2.07. The van der Waals surface area contributed by atoms with Gasteiger partial charge in [0, 0.05) is 6.42 Å². The van der Waals surface area contributed by atoms with Gasteiger partial charge in [0.2, 0.25) is 0 Å². The standard InChI is InChI=1S/C15H12N2O/c18-11-14-8-4-7-13-10-16-15(17(13)14)9-12-5-2-1-3-6-12/h1-8,10-11H,9H2. The number of rotatable bonds is 3. The van der Waals surface area contributed by atoms with Crippen LogP contribution in [0.25, 0.3) is 5.52 Å². The van der Waals surface area contributed by atoms with Crippen LogP contribution < -0.4 is 0 Å². The van der Waals surface area contributed by atoms with Crippen molar-refractivity contribution < 1.29 is 4.79 Å². The first-order valence-electron chi connectivity index (χ1n) is 5.83. The van der Waals surface area contributed by atoms with E-state index in [0.29, 0.717) is 5.69 Å². The maximum absolute atomic E-state index is 11.1. The Morgan fingerprint density at radius 1 is 1.06 bits per heavy atom. The normalized spacial score (nSPS) is 10.7. The van der Waals surface area contributed by atoms with Crippen LogP contribution >= 0.6 is 0 Å². The van der Waals surface area contributed by atoms with Gasteiger partial charge in [0.1, 0.15) is 5.82 Å². The lowest BCUT2D eigenvalue weighted by Crippen LogP contribution is -2.01. The number of fused-ring (bicyclic) bond motifs is 1. The lowest BCUT2D eigenvalue weighted by Gasteiger charge is -2.04. The lowest BCUT2D eigenvalue weighted by atomic mass is 10.1. The van der Waals surface area contributed by atoms with Crippen LogP contribution in [0.4, 0.5) is 0 Å². The average Bonchev–Trinajstić information content (AvgIpc) is 2.83. The number of aldehydes is 1. The SMILES string of the molecule is O=Cc1cccc2cnc(Cc3ccccc3)n12. The third-order valence-corrected chi connectivity index (χ3v) is 2.98. The van der Waals surface area contributed by atoms with Gasteiger partial charge in [-0.1, -0.05) is 36.4 Å². The summed E-state index contributed by atoms with van der Waals surface area (Å²) < 4.78 is 1.90. The molecule has 3 rings (SSSR count). The van der Waals surface area contributed by atoms with Crippen molar-refractivity contribution in [3.63, 3.8) is 0 Å². The summed E-state index contributed by atoms with van der Waals surface area (Å²) in [4.78, 5) is 15.5. The molecule has 0 saturated carbocycles. The van der Waals surface area contributed by atoms with Gasteiger partial charge in [-0.05, 0) is 17.7 Å². The van der Waals surface area contributed by atoms with Crippen molar-refractivity contribution in [1.29, 1.82) is 0 Å². The summed E-state index contributed by atoms with van der Waals surface area (Å²) in [6, 6.07) is 15.7. The molecule has 0 aliphatic heterocycles.